The summed E-state index contributed by atoms with van der Waals surface area (Å²) in [4.78, 5) is 14.2. The first-order valence-corrected chi connectivity index (χ1v) is 8.45. The van der Waals surface area contributed by atoms with Crippen LogP contribution in [0.1, 0.15) is 37.9 Å². The van der Waals surface area contributed by atoms with Crippen LogP contribution >= 0.6 is 0 Å². The van der Waals surface area contributed by atoms with E-state index in [1.807, 2.05) is 30.3 Å². The fraction of sp³-hybridized carbons (Fsp3) is 0.286. The highest BCUT2D eigenvalue weighted by atomic mass is 19.1. The second kappa shape index (κ2) is 6.90. The van der Waals surface area contributed by atoms with E-state index < -0.39 is 29.4 Å². The lowest BCUT2D eigenvalue weighted by Gasteiger charge is -2.29. The van der Waals surface area contributed by atoms with E-state index in [2.05, 4.69) is 0 Å². The molecule has 3 nitrogen and oxygen atoms in total. The summed E-state index contributed by atoms with van der Waals surface area (Å²) >= 11 is 0. The average Bonchev–Trinajstić information content (AvgIpc) is 3.01. The minimum absolute atomic E-state index is 0.148. The zero-order valence-corrected chi connectivity index (χ0v) is 15.0. The predicted octanol–water partition coefficient (Wildman–Crippen LogP) is 5.34. The number of nitrogens with zero attached hydrogens (tertiary/aromatic N) is 1. The minimum atomic E-state index is -0.648. The third-order valence-corrected chi connectivity index (χ3v) is 4.08. The molecule has 1 aliphatic heterocycles. The molecule has 0 unspecified atom stereocenters. The van der Waals surface area contributed by atoms with Gasteiger partial charge < -0.3 is 4.74 Å². The van der Waals surface area contributed by atoms with E-state index in [-0.39, 0.29) is 12.1 Å². The number of benzene rings is 2. The maximum absolute atomic E-state index is 14.2. The molecule has 0 saturated carbocycles. The second-order valence-electron chi connectivity index (χ2n) is 7.28. The Bertz CT molecular complexity index is 841. The molecule has 2 aromatic carbocycles. The van der Waals surface area contributed by atoms with Crippen molar-refractivity contribution in [1.82, 2.24) is 4.90 Å². The second-order valence-corrected chi connectivity index (χ2v) is 7.28. The van der Waals surface area contributed by atoms with E-state index in [0.717, 1.165) is 23.8 Å². The Morgan fingerprint density at radius 1 is 1.12 bits per heavy atom. The molecule has 0 fully saturated rings. The monoisotopic (exact) mass is 357 g/mol. The molecule has 0 bridgehead atoms. The van der Waals surface area contributed by atoms with Crippen LogP contribution in [-0.2, 0) is 4.74 Å². The molecule has 0 radical (unpaired) electrons. The standard InChI is InChI=1S/C21H21F2NO2/c1-21(2,3)26-20(25)24-13-15(17-12-16(22)9-10-18(17)23)11-19(24)14-7-5-4-6-8-14/h4-12,19H,13H2,1-3H3/t19-/m0/s1. The smallest absolute Gasteiger partial charge is 0.411 e. The quantitative estimate of drug-likeness (QED) is 0.726. The average molecular weight is 357 g/mol. The highest BCUT2D eigenvalue weighted by molar-refractivity contribution is 5.79. The molecule has 3 rings (SSSR count). The number of halogens is 2. The van der Waals surface area contributed by atoms with E-state index in [1.54, 1.807) is 26.8 Å². The third kappa shape index (κ3) is 3.93. The first-order valence-electron chi connectivity index (χ1n) is 8.45. The Balaban J connectivity index is 1.98. The van der Waals surface area contributed by atoms with Gasteiger partial charge in [-0.2, -0.15) is 0 Å². The zero-order valence-electron chi connectivity index (χ0n) is 15.0. The van der Waals surface area contributed by atoms with Gasteiger partial charge in [0.2, 0.25) is 0 Å². The van der Waals surface area contributed by atoms with Gasteiger partial charge in [0.25, 0.3) is 0 Å². The zero-order chi connectivity index (χ0) is 18.9. The van der Waals surface area contributed by atoms with Gasteiger partial charge in [-0.1, -0.05) is 36.4 Å². The molecule has 1 atom stereocenters. The fourth-order valence-electron chi connectivity index (χ4n) is 2.96. The summed E-state index contributed by atoms with van der Waals surface area (Å²) in [6.07, 6.45) is 1.30. The fourth-order valence-corrected chi connectivity index (χ4v) is 2.96. The SMILES string of the molecule is CC(C)(C)OC(=O)N1CC(c2cc(F)ccc2F)=C[C@H]1c1ccccc1. The van der Waals surface area contributed by atoms with Crippen LogP contribution in [0.2, 0.25) is 0 Å². The van der Waals surface area contributed by atoms with Gasteiger partial charge in [0, 0.05) is 5.56 Å². The molecule has 1 amide bonds. The molecular formula is C21H21F2NO2. The number of hydrogen-bond acceptors (Lipinski definition) is 2. The van der Waals surface area contributed by atoms with Crippen molar-refractivity contribution in [3.05, 3.63) is 77.4 Å². The molecule has 0 N–H and O–H groups in total. The van der Waals surface area contributed by atoms with E-state index >= 15 is 0 Å². The number of ether oxygens (including phenoxy) is 1. The summed E-state index contributed by atoms with van der Waals surface area (Å²) in [6.45, 7) is 5.52. The van der Waals surface area contributed by atoms with Gasteiger partial charge in [0.1, 0.15) is 17.2 Å². The van der Waals surface area contributed by atoms with Gasteiger partial charge in [-0.3, -0.25) is 4.90 Å². The van der Waals surface area contributed by atoms with Crippen LogP contribution in [0.3, 0.4) is 0 Å². The summed E-state index contributed by atoms with van der Waals surface area (Å²) in [7, 11) is 0. The van der Waals surface area contributed by atoms with Crippen LogP contribution in [0.15, 0.2) is 54.6 Å². The molecular weight excluding hydrogens is 336 g/mol. The van der Waals surface area contributed by atoms with Crippen molar-refractivity contribution in [2.24, 2.45) is 0 Å². The van der Waals surface area contributed by atoms with E-state index in [0.29, 0.717) is 5.57 Å². The van der Waals surface area contributed by atoms with Crippen molar-refractivity contribution in [1.29, 1.82) is 0 Å². The van der Waals surface area contributed by atoms with E-state index in [1.165, 1.54) is 4.90 Å². The Hall–Kier alpha value is -2.69. The molecule has 1 aliphatic rings. The van der Waals surface area contributed by atoms with Crippen molar-refractivity contribution in [2.45, 2.75) is 32.4 Å². The highest BCUT2D eigenvalue weighted by Crippen LogP contribution is 2.36. The van der Waals surface area contributed by atoms with Gasteiger partial charge >= 0.3 is 6.09 Å². The molecule has 136 valence electrons. The Morgan fingerprint density at radius 3 is 2.46 bits per heavy atom. The van der Waals surface area contributed by atoms with Gasteiger partial charge in [-0.05, 0) is 50.1 Å². The van der Waals surface area contributed by atoms with Crippen LogP contribution in [-0.4, -0.2) is 23.1 Å². The predicted molar refractivity (Wildman–Crippen MR) is 96.5 cm³/mol. The van der Waals surface area contributed by atoms with E-state index in [4.69, 9.17) is 4.74 Å². The van der Waals surface area contributed by atoms with Crippen molar-refractivity contribution in [2.75, 3.05) is 6.54 Å². The first-order chi connectivity index (χ1) is 12.2. The molecule has 0 spiro atoms. The van der Waals surface area contributed by atoms with Crippen molar-refractivity contribution < 1.29 is 18.3 Å². The summed E-state index contributed by atoms with van der Waals surface area (Å²) in [5.41, 5.74) is 0.953. The Morgan fingerprint density at radius 2 is 1.81 bits per heavy atom. The summed E-state index contributed by atoms with van der Waals surface area (Å²) in [5, 5.41) is 0. The number of amides is 1. The summed E-state index contributed by atoms with van der Waals surface area (Å²) in [6, 6.07) is 12.3. The first kappa shape index (κ1) is 18.1. The molecule has 2 aromatic rings. The van der Waals surface area contributed by atoms with Crippen LogP contribution < -0.4 is 0 Å². The van der Waals surface area contributed by atoms with Crippen molar-refractivity contribution >= 4 is 11.7 Å². The topological polar surface area (TPSA) is 29.5 Å². The maximum Gasteiger partial charge on any atom is 0.411 e. The number of hydrogen-bond donors (Lipinski definition) is 0. The third-order valence-electron chi connectivity index (χ3n) is 4.08. The largest absolute Gasteiger partial charge is 0.444 e. The molecule has 0 aliphatic carbocycles. The van der Waals surface area contributed by atoms with Gasteiger partial charge in [-0.15, -0.1) is 0 Å². The van der Waals surface area contributed by atoms with Crippen molar-refractivity contribution in [3.8, 4) is 0 Å². The number of carbonyl (C=O) groups is 1. The molecule has 26 heavy (non-hydrogen) atoms. The summed E-state index contributed by atoms with van der Waals surface area (Å²) in [5.74, 6) is -1.04. The minimum Gasteiger partial charge on any atom is -0.444 e. The number of carbonyl (C=O) groups excluding carboxylic acids is 1. The van der Waals surface area contributed by atoms with Crippen LogP contribution in [0.5, 0.6) is 0 Å². The van der Waals surface area contributed by atoms with E-state index in [9.17, 15) is 13.6 Å². The van der Waals surface area contributed by atoms with Gasteiger partial charge in [0.15, 0.2) is 0 Å². The maximum atomic E-state index is 14.2. The van der Waals surface area contributed by atoms with Crippen LogP contribution in [0.4, 0.5) is 13.6 Å². The lowest BCUT2D eigenvalue weighted by Crippen LogP contribution is -2.37. The lowest BCUT2D eigenvalue weighted by atomic mass is 10.0. The highest BCUT2D eigenvalue weighted by Gasteiger charge is 2.34. The Kier molecular flexibility index (Phi) is 4.81. The molecule has 0 aromatic heterocycles. The molecule has 5 heteroatoms. The van der Waals surface area contributed by atoms with Crippen LogP contribution in [0, 0.1) is 11.6 Å². The normalized spacial score (nSPS) is 17.2. The lowest BCUT2D eigenvalue weighted by molar-refractivity contribution is 0.0242. The molecule has 1 heterocycles. The summed E-state index contributed by atoms with van der Waals surface area (Å²) < 4.78 is 33.3. The molecule has 0 saturated heterocycles. The Labute approximate surface area is 151 Å². The number of rotatable bonds is 2. The van der Waals surface area contributed by atoms with Gasteiger partial charge in [0.05, 0.1) is 12.6 Å². The van der Waals surface area contributed by atoms with Gasteiger partial charge in [-0.25, -0.2) is 13.6 Å². The van der Waals surface area contributed by atoms with Crippen LogP contribution in [0.25, 0.3) is 5.57 Å². The van der Waals surface area contributed by atoms with Crippen molar-refractivity contribution in [3.63, 3.8) is 0 Å².